The van der Waals surface area contributed by atoms with Gasteiger partial charge in [0.1, 0.15) is 5.75 Å². The topological polar surface area (TPSA) is 12.5 Å². The van der Waals surface area contributed by atoms with Crippen LogP contribution < -0.4 is 4.74 Å². The summed E-state index contributed by atoms with van der Waals surface area (Å²) in [6.07, 6.45) is 2.48. The molecule has 21 heavy (non-hydrogen) atoms. The number of benzene rings is 1. The highest BCUT2D eigenvalue weighted by Gasteiger charge is 2.17. The monoisotopic (exact) mass is 313 g/mol. The molecule has 3 heteroatoms. The van der Waals surface area contributed by atoms with E-state index in [9.17, 15) is 0 Å². The molecule has 0 spiro atoms. The molecule has 1 saturated heterocycles. The zero-order valence-electron chi connectivity index (χ0n) is 14.6. The lowest BCUT2D eigenvalue weighted by Gasteiger charge is -2.28. The van der Waals surface area contributed by atoms with Gasteiger partial charge in [-0.15, -0.1) is 0 Å². The van der Waals surface area contributed by atoms with Crippen molar-refractivity contribution < 1.29 is 4.74 Å². The zero-order chi connectivity index (χ0) is 16.3. The minimum atomic E-state index is 0.696. The van der Waals surface area contributed by atoms with Gasteiger partial charge in [-0.1, -0.05) is 39.3 Å². The molecule has 1 aliphatic rings. The molecule has 0 unspecified atom stereocenters. The highest BCUT2D eigenvalue weighted by Crippen LogP contribution is 2.24. The van der Waals surface area contributed by atoms with Gasteiger partial charge in [-0.05, 0) is 69.6 Å². The van der Waals surface area contributed by atoms with Crippen LogP contribution >= 0.6 is 11.6 Å². The highest BCUT2D eigenvalue weighted by atomic mass is 35.5. The first kappa shape index (κ1) is 20.3. The molecule has 0 aromatic heterocycles. The summed E-state index contributed by atoms with van der Waals surface area (Å²) in [4.78, 5) is 2.38. The molecule has 0 aliphatic carbocycles. The fraction of sp³-hybridized carbons (Fsp3) is 0.667. The molecule has 2 rings (SSSR count). The molecular weight excluding hydrogens is 282 g/mol. The molecular formula is C18H32ClNO. The number of halogens is 1. The van der Waals surface area contributed by atoms with Gasteiger partial charge in [-0.25, -0.2) is 0 Å². The van der Waals surface area contributed by atoms with Crippen molar-refractivity contribution in [2.75, 3.05) is 26.7 Å². The number of hydrogen-bond acceptors (Lipinski definition) is 2. The van der Waals surface area contributed by atoms with E-state index in [4.69, 9.17) is 16.3 Å². The lowest BCUT2D eigenvalue weighted by molar-refractivity contribution is 0.159. The van der Waals surface area contributed by atoms with Gasteiger partial charge < -0.3 is 9.64 Å². The third kappa shape index (κ3) is 7.73. The van der Waals surface area contributed by atoms with Gasteiger partial charge in [-0.3, -0.25) is 0 Å². The van der Waals surface area contributed by atoms with Crippen molar-refractivity contribution in [3.8, 4) is 5.75 Å². The van der Waals surface area contributed by atoms with E-state index in [1.807, 2.05) is 52.8 Å². The highest BCUT2D eigenvalue weighted by molar-refractivity contribution is 6.30. The van der Waals surface area contributed by atoms with Crippen molar-refractivity contribution in [2.24, 2.45) is 5.92 Å². The van der Waals surface area contributed by atoms with Crippen LogP contribution in [0.3, 0.4) is 0 Å². The largest absolute Gasteiger partial charge is 0.493 e. The Bertz CT molecular complexity index is 373. The second-order valence-corrected chi connectivity index (χ2v) is 5.40. The Kier molecular flexibility index (Phi) is 11.5. The van der Waals surface area contributed by atoms with Crippen LogP contribution in [-0.2, 0) is 0 Å². The predicted octanol–water partition coefficient (Wildman–Crippen LogP) is 5.42. The summed E-state index contributed by atoms with van der Waals surface area (Å²) in [7, 11) is 2.18. The summed E-state index contributed by atoms with van der Waals surface area (Å²) in [5.74, 6) is 1.66. The van der Waals surface area contributed by atoms with Crippen LogP contribution in [0.1, 0.15) is 46.1 Å². The summed E-state index contributed by atoms with van der Waals surface area (Å²) < 4.78 is 5.89. The molecule has 2 nitrogen and oxygen atoms in total. The van der Waals surface area contributed by atoms with Gasteiger partial charge in [0.15, 0.2) is 0 Å². The van der Waals surface area contributed by atoms with E-state index in [-0.39, 0.29) is 0 Å². The Hall–Kier alpha value is -0.730. The van der Waals surface area contributed by atoms with Crippen LogP contribution in [0, 0.1) is 12.8 Å². The maximum Gasteiger partial charge on any atom is 0.122 e. The normalized spacial score (nSPS) is 15.4. The number of likely N-dealkylation sites (tertiary alicyclic amines) is 1. The third-order valence-corrected chi connectivity index (χ3v) is 3.68. The molecule has 1 heterocycles. The number of hydrogen-bond donors (Lipinski definition) is 0. The summed E-state index contributed by atoms with van der Waals surface area (Å²) in [6.45, 7) is 13.2. The van der Waals surface area contributed by atoms with E-state index in [1.54, 1.807) is 0 Å². The van der Waals surface area contributed by atoms with Gasteiger partial charge in [0.25, 0.3) is 0 Å². The number of ether oxygens (including phenoxy) is 1. The molecule has 1 aromatic carbocycles. The average Bonchev–Trinajstić information content (AvgIpc) is 2.52. The average molecular weight is 314 g/mol. The lowest BCUT2D eigenvalue weighted by atomic mass is 9.98. The molecule has 122 valence electrons. The summed E-state index contributed by atoms with van der Waals surface area (Å²) in [5.41, 5.74) is 1.12. The van der Waals surface area contributed by atoms with Crippen molar-refractivity contribution in [1.29, 1.82) is 0 Å². The van der Waals surface area contributed by atoms with E-state index in [1.165, 1.54) is 25.9 Å². The summed E-state index contributed by atoms with van der Waals surface area (Å²) >= 11 is 5.92. The zero-order valence-corrected chi connectivity index (χ0v) is 15.3. The second-order valence-electron chi connectivity index (χ2n) is 4.97. The van der Waals surface area contributed by atoms with Crippen LogP contribution in [-0.4, -0.2) is 31.6 Å². The Morgan fingerprint density at radius 3 is 2.24 bits per heavy atom. The number of aryl methyl sites for hydroxylation is 1. The van der Waals surface area contributed by atoms with E-state index < -0.39 is 0 Å². The van der Waals surface area contributed by atoms with E-state index in [2.05, 4.69) is 11.9 Å². The van der Waals surface area contributed by atoms with Crippen molar-refractivity contribution in [3.63, 3.8) is 0 Å². The Morgan fingerprint density at radius 1 is 1.14 bits per heavy atom. The van der Waals surface area contributed by atoms with Crippen molar-refractivity contribution in [3.05, 3.63) is 28.8 Å². The van der Waals surface area contributed by atoms with Crippen LogP contribution in [0.15, 0.2) is 18.2 Å². The van der Waals surface area contributed by atoms with Crippen molar-refractivity contribution in [2.45, 2.75) is 47.5 Å². The third-order valence-electron chi connectivity index (χ3n) is 3.45. The fourth-order valence-electron chi connectivity index (χ4n) is 2.21. The van der Waals surface area contributed by atoms with Crippen LogP contribution in [0.4, 0.5) is 0 Å². The van der Waals surface area contributed by atoms with Crippen molar-refractivity contribution in [1.82, 2.24) is 4.90 Å². The Balaban J connectivity index is 0.000000921. The minimum absolute atomic E-state index is 0.696. The molecule has 0 radical (unpaired) electrons. The predicted molar refractivity (Wildman–Crippen MR) is 94.6 cm³/mol. The first-order valence-electron chi connectivity index (χ1n) is 8.22. The maximum absolute atomic E-state index is 5.92. The lowest BCUT2D eigenvalue weighted by Crippen LogP contribution is -2.32. The Morgan fingerprint density at radius 2 is 1.71 bits per heavy atom. The molecule has 0 amide bonds. The smallest absolute Gasteiger partial charge is 0.122 e. The fourth-order valence-corrected chi connectivity index (χ4v) is 2.44. The quantitative estimate of drug-likeness (QED) is 0.738. The minimum Gasteiger partial charge on any atom is -0.493 e. The van der Waals surface area contributed by atoms with E-state index in [0.29, 0.717) is 5.92 Å². The van der Waals surface area contributed by atoms with Gasteiger partial charge in [-0.2, -0.15) is 0 Å². The van der Waals surface area contributed by atoms with Gasteiger partial charge in [0.2, 0.25) is 0 Å². The number of rotatable bonds is 3. The standard InChI is InChI=1S/C14H20ClNO.2C2H6/c1-11-9-13(15)3-4-14(11)17-10-12-5-7-16(2)8-6-12;2*1-2/h3-4,9,12H,5-8,10H2,1-2H3;2*1-2H3. The van der Waals surface area contributed by atoms with Gasteiger partial charge in [0.05, 0.1) is 6.61 Å². The summed E-state index contributed by atoms with van der Waals surface area (Å²) in [5, 5.41) is 0.772. The van der Waals surface area contributed by atoms with E-state index >= 15 is 0 Å². The van der Waals surface area contributed by atoms with Crippen LogP contribution in [0.5, 0.6) is 5.75 Å². The van der Waals surface area contributed by atoms with Crippen LogP contribution in [0.2, 0.25) is 5.02 Å². The molecule has 1 fully saturated rings. The first-order chi connectivity index (χ1) is 10.1. The molecule has 0 N–H and O–H groups in total. The summed E-state index contributed by atoms with van der Waals surface area (Å²) in [6, 6.07) is 5.80. The SMILES string of the molecule is CC.CC.Cc1cc(Cl)ccc1OCC1CCN(C)CC1. The van der Waals surface area contributed by atoms with E-state index in [0.717, 1.165) is 22.9 Å². The molecule has 1 aromatic rings. The number of piperidine rings is 1. The van der Waals surface area contributed by atoms with Gasteiger partial charge in [0, 0.05) is 5.02 Å². The number of nitrogens with zero attached hydrogens (tertiary/aromatic N) is 1. The van der Waals surface area contributed by atoms with Gasteiger partial charge >= 0.3 is 0 Å². The van der Waals surface area contributed by atoms with Crippen molar-refractivity contribution >= 4 is 11.6 Å². The first-order valence-corrected chi connectivity index (χ1v) is 8.60. The second kappa shape index (κ2) is 11.9. The maximum atomic E-state index is 5.92. The molecule has 0 saturated carbocycles. The molecule has 0 atom stereocenters. The van der Waals surface area contributed by atoms with Crippen LogP contribution in [0.25, 0.3) is 0 Å². The molecule has 0 bridgehead atoms. The molecule has 1 aliphatic heterocycles. The Labute approximate surface area is 136 Å².